The molecule has 6 nitrogen and oxygen atoms in total. The van der Waals surface area contributed by atoms with Crippen LogP contribution in [0.3, 0.4) is 0 Å². The summed E-state index contributed by atoms with van der Waals surface area (Å²) in [6, 6.07) is 10.3. The van der Waals surface area contributed by atoms with Crippen molar-refractivity contribution in [1.29, 1.82) is 0 Å². The Morgan fingerprint density at radius 1 is 1.28 bits per heavy atom. The molecule has 1 heterocycles. The van der Waals surface area contributed by atoms with Gasteiger partial charge in [-0.25, -0.2) is 4.39 Å². The molecule has 9 heteroatoms. The summed E-state index contributed by atoms with van der Waals surface area (Å²) < 4.78 is 19.0. The van der Waals surface area contributed by atoms with E-state index in [-0.39, 0.29) is 33.9 Å². The number of phenolic OH excluding ortho intramolecular Hbond substituents is 1. The minimum absolute atomic E-state index is 0.0356. The highest BCUT2D eigenvalue weighted by Gasteiger charge is 2.14. The molecule has 3 rings (SSSR count). The van der Waals surface area contributed by atoms with Crippen molar-refractivity contribution in [2.24, 2.45) is 0 Å². The van der Waals surface area contributed by atoms with E-state index in [1.807, 2.05) is 0 Å². The van der Waals surface area contributed by atoms with Crippen LogP contribution in [-0.2, 0) is 4.79 Å². The Balaban J connectivity index is 1.61. The average Bonchev–Trinajstić information content (AvgIpc) is 3.05. The zero-order valence-corrected chi connectivity index (χ0v) is 14.1. The number of benzene rings is 2. The van der Waals surface area contributed by atoms with Crippen LogP contribution in [-0.4, -0.2) is 27.0 Å². The van der Waals surface area contributed by atoms with Crippen LogP contribution < -0.4 is 5.32 Å². The molecule has 0 bridgehead atoms. The van der Waals surface area contributed by atoms with Gasteiger partial charge in [0, 0.05) is 5.02 Å². The molecule has 0 aliphatic carbocycles. The molecule has 0 saturated carbocycles. The van der Waals surface area contributed by atoms with Gasteiger partial charge in [0.2, 0.25) is 5.91 Å². The van der Waals surface area contributed by atoms with Crippen molar-refractivity contribution < 1.29 is 18.7 Å². The fourth-order valence-corrected chi connectivity index (χ4v) is 2.67. The Morgan fingerprint density at radius 2 is 2.08 bits per heavy atom. The smallest absolute Gasteiger partial charge is 0.277 e. The molecule has 0 spiro atoms. The first-order valence-corrected chi connectivity index (χ1v) is 8.39. The summed E-state index contributed by atoms with van der Waals surface area (Å²) in [4.78, 5) is 11.9. The molecular formula is C16H11ClFN3O3S. The van der Waals surface area contributed by atoms with E-state index in [1.54, 1.807) is 12.1 Å². The van der Waals surface area contributed by atoms with Crippen LogP contribution in [0.2, 0.25) is 5.02 Å². The van der Waals surface area contributed by atoms with E-state index in [9.17, 15) is 14.3 Å². The topological polar surface area (TPSA) is 88.2 Å². The maximum Gasteiger partial charge on any atom is 0.277 e. The fourth-order valence-electron chi connectivity index (χ4n) is 1.93. The summed E-state index contributed by atoms with van der Waals surface area (Å²) in [7, 11) is 0. The first kappa shape index (κ1) is 17.2. The highest BCUT2D eigenvalue weighted by Crippen LogP contribution is 2.28. The lowest BCUT2D eigenvalue weighted by molar-refractivity contribution is -0.113. The molecule has 0 aliphatic heterocycles. The van der Waals surface area contributed by atoms with Gasteiger partial charge in [0.25, 0.3) is 11.1 Å². The number of carbonyl (C=O) groups is 1. The van der Waals surface area contributed by atoms with Crippen LogP contribution in [0.1, 0.15) is 0 Å². The van der Waals surface area contributed by atoms with Crippen molar-refractivity contribution in [3.8, 4) is 17.2 Å². The molecule has 0 atom stereocenters. The van der Waals surface area contributed by atoms with E-state index < -0.39 is 11.7 Å². The molecule has 2 N–H and O–H groups in total. The molecular weight excluding hydrogens is 369 g/mol. The van der Waals surface area contributed by atoms with E-state index in [0.29, 0.717) is 5.02 Å². The highest BCUT2D eigenvalue weighted by molar-refractivity contribution is 7.99. The van der Waals surface area contributed by atoms with Crippen LogP contribution >= 0.6 is 23.4 Å². The number of phenols is 1. The van der Waals surface area contributed by atoms with Gasteiger partial charge in [0.05, 0.1) is 17.0 Å². The van der Waals surface area contributed by atoms with Crippen molar-refractivity contribution in [2.45, 2.75) is 5.22 Å². The van der Waals surface area contributed by atoms with E-state index in [0.717, 1.165) is 11.8 Å². The van der Waals surface area contributed by atoms with E-state index in [2.05, 4.69) is 15.5 Å². The molecule has 1 aromatic heterocycles. The average molecular weight is 380 g/mol. The summed E-state index contributed by atoms with van der Waals surface area (Å²) in [6.07, 6.45) is 0. The second-order valence-electron chi connectivity index (χ2n) is 4.85. The van der Waals surface area contributed by atoms with Crippen LogP contribution in [0.5, 0.6) is 5.75 Å². The van der Waals surface area contributed by atoms with Gasteiger partial charge in [-0.1, -0.05) is 35.5 Å². The number of aromatic nitrogens is 2. The number of hydrogen-bond acceptors (Lipinski definition) is 6. The number of thioether (sulfide) groups is 1. The molecule has 128 valence electrons. The van der Waals surface area contributed by atoms with E-state index in [1.165, 1.54) is 30.3 Å². The molecule has 0 unspecified atom stereocenters. The SMILES string of the molecule is O=C(CSc1nnc(-c2ccccc2F)o1)Nc1cc(Cl)ccc1O. The summed E-state index contributed by atoms with van der Waals surface area (Å²) in [6.45, 7) is 0. The molecule has 2 aromatic carbocycles. The minimum Gasteiger partial charge on any atom is -0.506 e. The number of hydrogen-bond donors (Lipinski definition) is 2. The van der Waals surface area contributed by atoms with Gasteiger partial charge < -0.3 is 14.8 Å². The second-order valence-corrected chi connectivity index (χ2v) is 6.21. The number of anilines is 1. The zero-order chi connectivity index (χ0) is 17.8. The predicted molar refractivity (Wildman–Crippen MR) is 92.2 cm³/mol. The number of rotatable bonds is 5. The van der Waals surface area contributed by atoms with Crippen LogP contribution in [0.25, 0.3) is 11.5 Å². The summed E-state index contributed by atoms with van der Waals surface area (Å²) in [5.41, 5.74) is 0.394. The Morgan fingerprint density at radius 3 is 2.88 bits per heavy atom. The fraction of sp³-hybridized carbons (Fsp3) is 0.0625. The number of carbonyl (C=O) groups excluding carboxylic acids is 1. The molecule has 3 aromatic rings. The lowest BCUT2D eigenvalue weighted by Crippen LogP contribution is -2.14. The first-order chi connectivity index (χ1) is 12.0. The third kappa shape index (κ3) is 4.28. The molecule has 0 radical (unpaired) electrons. The summed E-state index contributed by atoms with van der Waals surface area (Å²) >= 11 is 6.81. The number of amides is 1. The number of aromatic hydroxyl groups is 1. The maximum atomic E-state index is 13.7. The zero-order valence-electron chi connectivity index (χ0n) is 12.6. The van der Waals surface area contributed by atoms with Crippen molar-refractivity contribution in [3.05, 3.63) is 53.3 Å². The standard InChI is InChI=1S/C16H11ClFN3O3S/c17-9-5-6-13(22)12(7-9)19-14(23)8-25-16-21-20-15(24-16)10-3-1-2-4-11(10)18/h1-7,22H,8H2,(H,19,23). The normalized spacial score (nSPS) is 10.6. The van der Waals surface area contributed by atoms with Crippen LogP contribution in [0, 0.1) is 5.82 Å². The largest absolute Gasteiger partial charge is 0.506 e. The molecule has 1 amide bonds. The van der Waals surface area contributed by atoms with Crippen LogP contribution in [0.4, 0.5) is 10.1 Å². The van der Waals surface area contributed by atoms with Crippen molar-refractivity contribution in [2.75, 3.05) is 11.1 Å². The molecule has 0 saturated heterocycles. The first-order valence-electron chi connectivity index (χ1n) is 7.02. The molecule has 0 aliphatic rings. The second kappa shape index (κ2) is 7.54. The molecule has 0 fully saturated rings. The Labute approximate surface area is 151 Å². The maximum absolute atomic E-state index is 13.7. The summed E-state index contributed by atoms with van der Waals surface area (Å²) in [5.74, 6) is -0.967. The number of nitrogens with zero attached hydrogens (tertiary/aromatic N) is 2. The third-order valence-corrected chi connectivity index (χ3v) is 4.12. The highest BCUT2D eigenvalue weighted by atomic mass is 35.5. The van der Waals surface area contributed by atoms with Crippen molar-refractivity contribution in [1.82, 2.24) is 10.2 Å². The summed E-state index contributed by atoms with van der Waals surface area (Å²) in [5, 5.41) is 20.2. The number of halogens is 2. The van der Waals surface area contributed by atoms with Gasteiger partial charge in [0.15, 0.2) is 0 Å². The van der Waals surface area contributed by atoms with Crippen LogP contribution in [0.15, 0.2) is 52.1 Å². The molecule has 25 heavy (non-hydrogen) atoms. The van der Waals surface area contributed by atoms with Crippen molar-refractivity contribution >= 4 is 35.0 Å². The number of nitrogens with one attached hydrogen (secondary N) is 1. The Bertz CT molecular complexity index is 919. The van der Waals surface area contributed by atoms with Gasteiger partial charge in [-0.15, -0.1) is 10.2 Å². The lowest BCUT2D eigenvalue weighted by Gasteiger charge is -2.06. The predicted octanol–water partition coefficient (Wildman–Crippen LogP) is 3.97. The van der Waals surface area contributed by atoms with Gasteiger partial charge in [-0.3, -0.25) is 4.79 Å². The minimum atomic E-state index is -0.475. The van der Waals surface area contributed by atoms with E-state index >= 15 is 0 Å². The van der Waals surface area contributed by atoms with E-state index in [4.69, 9.17) is 16.0 Å². The van der Waals surface area contributed by atoms with Gasteiger partial charge >= 0.3 is 0 Å². The monoisotopic (exact) mass is 379 g/mol. The van der Waals surface area contributed by atoms with Gasteiger partial charge in [-0.05, 0) is 30.3 Å². The Hall–Kier alpha value is -2.58. The van der Waals surface area contributed by atoms with Crippen molar-refractivity contribution in [3.63, 3.8) is 0 Å². The van der Waals surface area contributed by atoms with Gasteiger partial charge in [-0.2, -0.15) is 0 Å². The quantitative estimate of drug-likeness (QED) is 0.515. The third-order valence-electron chi connectivity index (χ3n) is 3.07. The van der Waals surface area contributed by atoms with Gasteiger partial charge in [0.1, 0.15) is 11.6 Å². The Kier molecular flexibility index (Phi) is 5.20. The lowest BCUT2D eigenvalue weighted by atomic mass is 10.2.